The van der Waals surface area contributed by atoms with Crippen molar-refractivity contribution in [1.82, 2.24) is 4.98 Å². The predicted molar refractivity (Wildman–Crippen MR) is 57.2 cm³/mol. The van der Waals surface area contributed by atoms with E-state index in [9.17, 15) is 9.18 Å². The van der Waals surface area contributed by atoms with Crippen LogP contribution in [0, 0.1) is 5.82 Å². The molecule has 0 aliphatic heterocycles. The molecule has 2 aromatic rings. The molecule has 82 valence electrons. The molecule has 0 bridgehead atoms. The van der Waals surface area contributed by atoms with E-state index < -0.39 is 5.82 Å². The van der Waals surface area contributed by atoms with Gasteiger partial charge in [0, 0.05) is 23.5 Å². The Labute approximate surface area is 91.9 Å². The molecule has 1 aromatic heterocycles. The summed E-state index contributed by atoms with van der Waals surface area (Å²) in [4.78, 5) is 14.6. The van der Waals surface area contributed by atoms with Gasteiger partial charge in [0.15, 0.2) is 17.3 Å². The van der Waals surface area contributed by atoms with Crippen molar-refractivity contribution in [2.45, 2.75) is 0 Å². The summed E-state index contributed by atoms with van der Waals surface area (Å²) in [7, 11) is 1.38. The third-order valence-electron chi connectivity index (χ3n) is 2.27. The van der Waals surface area contributed by atoms with Crippen molar-refractivity contribution in [2.75, 3.05) is 7.11 Å². The topological polar surface area (TPSA) is 42.1 Å². The van der Waals surface area contributed by atoms with Crippen molar-refractivity contribution in [3.8, 4) is 5.75 Å². The summed E-state index contributed by atoms with van der Waals surface area (Å²) in [6.07, 6.45) is 3.22. The average Bonchev–Trinajstić information content (AvgIpc) is 2.81. The molecule has 3 nitrogen and oxygen atoms in total. The van der Waals surface area contributed by atoms with Gasteiger partial charge in [-0.25, -0.2) is 4.39 Å². The molecule has 0 aliphatic rings. The quantitative estimate of drug-likeness (QED) is 0.805. The Morgan fingerprint density at radius 1 is 1.31 bits per heavy atom. The minimum atomic E-state index is -0.538. The molecule has 16 heavy (non-hydrogen) atoms. The summed E-state index contributed by atoms with van der Waals surface area (Å²) in [5.41, 5.74) is 0.808. The van der Waals surface area contributed by atoms with E-state index in [1.54, 1.807) is 18.5 Å². The third kappa shape index (κ3) is 1.82. The van der Waals surface area contributed by atoms with Gasteiger partial charge in [0.05, 0.1) is 7.11 Å². The zero-order chi connectivity index (χ0) is 11.5. The van der Waals surface area contributed by atoms with E-state index in [4.69, 9.17) is 4.74 Å². The van der Waals surface area contributed by atoms with E-state index in [0.717, 1.165) is 0 Å². The monoisotopic (exact) mass is 219 g/mol. The van der Waals surface area contributed by atoms with Crippen molar-refractivity contribution < 1.29 is 13.9 Å². The summed E-state index contributed by atoms with van der Waals surface area (Å²) in [5.74, 6) is -0.627. The fraction of sp³-hybridized carbons (Fsp3) is 0.0833. The zero-order valence-corrected chi connectivity index (χ0v) is 8.66. The highest BCUT2D eigenvalue weighted by Gasteiger charge is 2.12. The molecule has 1 heterocycles. The Morgan fingerprint density at radius 3 is 2.69 bits per heavy atom. The van der Waals surface area contributed by atoms with Crippen LogP contribution in [0.5, 0.6) is 5.75 Å². The Kier molecular flexibility index (Phi) is 2.72. The number of hydrogen-bond acceptors (Lipinski definition) is 2. The molecule has 0 fully saturated rings. The molecule has 4 heteroatoms. The lowest BCUT2D eigenvalue weighted by Gasteiger charge is -2.03. The van der Waals surface area contributed by atoms with Crippen molar-refractivity contribution in [3.05, 3.63) is 53.6 Å². The second kappa shape index (κ2) is 4.18. The van der Waals surface area contributed by atoms with E-state index in [0.29, 0.717) is 11.1 Å². The largest absolute Gasteiger partial charge is 0.494 e. The first-order valence-corrected chi connectivity index (χ1v) is 4.73. The van der Waals surface area contributed by atoms with Gasteiger partial charge in [-0.3, -0.25) is 4.79 Å². The summed E-state index contributed by atoms with van der Waals surface area (Å²) in [5, 5.41) is 0. The van der Waals surface area contributed by atoms with Gasteiger partial charge in [-0.2, -0.15) is 0 Å². The molecule has 1 aromatic carbocycles. The Hall–Kier alpha value is -2.10. The molecule has 0 unspecified atom stereocenters. The maximum absolute atomic E-state index is 13.4. The average molecular weight is 219 g/mol. The minimum Gasteiger partial charge on any atom is -0.494 e. The van der Waals surface area contributed by atoms with Crippen molar-refractivity contribution in [3.63, 3.8) is 0 Å². The van der Waals surface area contributed by atoms with E-state index in [-0.39, 0.29) is 11.5 Å². The molecule has 0 aliphatic carbocycles. The molecule has 0 saturated carbocycles. The van der Waals surface area contributed by atoms with Gasteiger partial charge in [-0.15, -0.1) is 0 Å². The lowest BCUT2D eigenvalue weighted by molar-refractivity contribution is 0.103. The maximum Gasteiger partial charge on any atom is 0.194 e. The van der Waals surface area contributed by atoms with Crippen LogP contribution in [-0.4, -0.2) is 17.9 Å². The fourth-order valence-electron chi connectivity index (χ4n) is 1.44. The van der Waals surface area contributed by atoms with Gasteiger partial charge in [0.2, 0.25) is 0 Å². The molecule has 1 N–H and O–H groups in total. The number of nitrogens with one attached hydrogen (secondary N) is 1. The number of ether oxygens (including phenoxy) is 1. The summed E-state index contributed by atoms with van der Waals surface area (Å²) >= 11 is 0. The second-order valence-corrected chi connectivity index (χ2v) is 3.28. The Balaban J connectivity index is 2.35. The van der Waals surface area contributed by atoms with Crippen LogP contribution in [-0.2, 0) is 0 Å². The number of ketones is 1. The smallest absolute Gasteiger partial charge is 0.194 e. The van der Waals surface area contributed by atoms with Crippen LogP contribution in [0.1, 0.15) is 15.9 Å². The number of aromatic amines is 1. The summed E-state index contributed by atoms with van der Waals surface area (Å²) in [6.45, 7) is 0. The molecule has 2 rings (SSSR count). The van der Waals surface area contributed by atoms with Crippen LogP contribution in [0.2, 0.25) is 0 Å². The molecule has 0 saturated heterocycles. The van der Waals surface area contributed by atoms with E-state index in [1.807, 2.05) is 0 Å². The SMILES string of the molecule is COc1ccc(C(=O)c2cc[nH]c2)cc1F. The number of H-pyrrole nitrogens is 1. The highest BCUT2D eigenvalue weighted by molar-refractivity contribution is 6.08. The maximum atomic E-state index is 13.4. The number of carbonyl (C=O) groups excluding carboxylic acids is 1. The van der Waals surface area contributed by atoms with Crippen LogP contribution < -0.4 is 4.74 Å². The number of methoxy groups -OCH3 is 1. The standard InChI is InChI=1S/C12H10FNO2/c1-16-11-3-2-8(6-10(11)13)12(15)9-4-5-14-7-9/h2-7,14H,1H3. The van der Waals surface area contributed by atoms with Crippen LogP contribution >= 0.6 is 0 Å². The number of benzene rings is 1. The number of rotatable bonds is 3. The van der Waals surface area contributed by atoms with Crippen LogP contribution in [0.15, 0.2) is 36.7 Å². The van der Waals surface area contributed by atoms with Gasteiger partial charge in [0.1, 0.15) is 0 Å². The van der Waals surface area contributed by atoms with Gasteiger partial charge in [-0.05, 0) is 24.3 Å². The molecule has 0 atom stereocenters. The lowest BCUT2D eigenvalue weighted by atomic mass is 10.1. The minimum absolute atomic E-state index is 0.130. The number of hydrogen-bond donors (Lipinski definition) is 1. The number of halogens is 1. The Morgan fingerprint density at radius 2 is 2.12 bits per heavy atom. The van der Waals surface area contributed by atoms with E-state index in [2.05, 4.69) is 4.98 Å². The van der Waals surface area contributed by atoms with Gasteiger partial charge >= 0.3 is 0 Å². The van der Waals surface area contributed by atoms with E-state index in [1.165, 1.54) is 25.3 Å². The highest BCUT2D eigenvalue weighted by atomic mass is 19.1. The summed E-state index contributed by atoms with van der Waals surface area (Å²) in [6, 6.07) is 5.80. The first kappa shape index (κ1) is 10.4. The third-order valence-corrected chi connectivity index (χ3v) is 2.27. The molecule has 0 spiro atoms. The fourth-order valence-corrected chi connectivity index (χ4v) is 1.44. The van der Waals surface area contributed by atoms with Crippen LogP contribution in [0.4, 0.5) is 4.39 Å². The van der Waals surface area contributed by atoms with Gasteiger partial charge in [-0.1, -0.05) is 0 Å². The lowest BCUT2D eigenvalue weighted by Crippen LogP contribution is -2.01. The van der Waals surface area contributed by atoms with E-state index >= 15 is 0 Å². The second-order valence-electron chi connectivity index (χ2n) is 3.28. The first-order chi connectivity index (χ1) is 7.72. The molecular formula is C12H10FNO2. The van der Waals surface area contributed by atoms with Gasteiger partial charge in [0.25, 0.3) is 0 Å². The number of aromatic nitrogens is 1. The van der Waals surface area contributed by atoms with Crippen molar-refractivity contribution in [1.29, 1.82) is 0 Å². The zero-order valence-electron chi connectivity index (χ0n) is 8.66. The Bertz CT molecular complexity index is 506. The molecular weight excluding hydrogens is 209 g/mol. The van der Waals surface area contributed by atoms with Crippen molar-refractivity contribution >= 4 is 5.78 Å². The van der Waals surface area contributed by atoms with Crippen molar-refractivity contribution in [2.24, 2.45) is 0 Å². The van der Waals surface area contributed by atoms with Gasteiger partial charge < -0.3 is 9.72 Å². The first-order valence-electron chi connectivity index (χ1n) is 4.73. The van der Waals surface area contributed by atoms with Crippen LogP contribution in [0.25, 0.3) is 0 Å². The predicted octanol–water partition coefficient (Wildman–Crippen LogP) is 2.39. The molecule has 0 amide bonds. The highest BCUT2D eigenvalue weighted by Crippen LogP contribution is 2.19. The molecule has 0 radical (unpaired) electrons. The number of carbonyl (C=O) groups is 1. The summed E-state index contributed by atoms with van der Waals surface area (Å²) < 4.78 is 18.1. The van der Waals surface area contributed by atoms with Crippen LogP contribution in [0.3, 0.4) is 0 Å². The normalized spacial score (nSPS) is 10.1.